The number of anilines is 1. The maximum atomic E-state index is 13.3. The van der Waals surface area contributed by atoms with Gasteiger partial charge in [0, 0.05) is 6.08 Å². The molecule has 2 aromatic rings. The van der Waals surface area contributed by atoms with Crippen molar-refractivity contribution in [1.82, 2.24) is 9.55 Å². The number of hydrogen-bond acceptors (Lipinski definition) is 8. The van der Waals surface area contributed by atoms with Crippen molar-refractivity contribution in [2.45, 2.75) is 32.0 Å². The van der Waals surface area contributed by atoms with Crippen molar-refractivity contribution in [3.63, 3.8) is 0 Å². The molecule has 9 nitrogen and oxygen atoms in total. The number of rotatable bonds is 4. The van der Waals surface area contributed by atoms with E-state index < -0.39 is 18.4 Å². The molecular weight excluding hydrogens is 378 g/mol. The van der Waals surface area contributed by atoms with E-state index in [9.17, 15) is 14.7 Å². The van der Waals surface area contributed by atoms with Crippen LogP contribution in [0, 0.1) is 0 Å². The summed E-state index contributed by atoms with van der Waals surface area (Å²) < 4.78 is 18.4. The molecular formula is C20H19N3O6. The molecule has 3 heterocycles. The quantitative estimate of drug-likeness (QED) is 0.797. The maximum absolute atomic E-state index is 13.3. The first-order chi connectivity index (χ1) is 14.1. The number of carbonyl (C=O) groups is 2. The van der Waals surface area contributed by atoms with E-state index >= 15 is 0 Å². The number of ketones is 2. The van der Waals surface area contributed by atoms with Crippen molar-refractivity contribution >= 4 is 17.3 Å². The average Bonchev–Trinajstić information content (AvgIpc) is 3.29. The van der Waals surface area contributed by atoms with Gasteiger partial charge >= 0.3 is 0 Å². The zero-order valence-corrected chi connectivity index (χ0v) is 15.6. The van der Waals surface area contributed by atoms with Crippen LogP contribution in [0.4, 0.5) is 5.69 Å². The molecule has 1 fully saturated rings. The number of imidazole rings is 1. The second kappa shape index (κ2) is 6.80. The Morgan fingerprint density at radius 3 is 2.97 bits per heavy atom. The van der Waals surface area contributed by atoms with Crippen molar-refractivity contribution in [2.24, 2.45) is 0 Å². The van der Waals surface area contributed by atoms with Crippen molar-refractivity contribution in [2.75, 3.05) is 18.5 Å². The van der Waals surface area contributed by atoms with E-state index in [0.29, 0.717) is 23.9 Å². The van der Waals surface area contributed by atoms with Crippen LogP contribution in [-0.4, -0.2) is 51.6 Å². The van der Waals surface area contributed by atoms with Crippen molar-refractivity contribution in [3.8, 4) is 5.75 Å². The first kappa shape index (κ1) is 18.0. The third-order valence-corrected chi connectivity index (χ3v) is 5.17. The van der Waals surface area contributed by atoms with E-state index in [1.807, 2.05) is 19.1 Å². The van der Waals surface area contributed by atoms with Crippen LogP contribution in [0.5, 0.6) is 5.75 Å². The van der Waals surface area contributed by atoms with Crippen LogP contribution in [0.1, 0.15) is 40.0 Å². The Bertz CT molecular complexity index is 1040. The summed E-state index contributed by atoms with van der Waals surface area (Å²) in [4.78, 5) is 30.3. The summed E-state index contributed by atoms with van der Waals surface area (Å²) in [7, 11) is 0. The molecule has 0 bridgehead atoms. The highest BCUT2D eigenvalue weighted by molar-refractivity contribution is 6.24. The Hall–Kier alpha value is -3.01. The number of aliphatic hydroxyl groups is 1. The third kappa shape index (κ3) is 2.78. The van der Waals surface area contributed by atoms with Gasteiger partial charge in [0.05, 0.1) is 24.6 Å². The average molecular weight is 397 g/mol. The van der Waals surface area contributed by atoms with Crippen LogP contribution in [0.25, 0.3) is 0 Å². The van der Waals surface area contributed by atoms with Gasteiger partial charge in [-0.2, -0.15) is 0 Å². The number of nitrogens with one attached hydrogen (secondary N) is 1. The van der Waals surface area contributed by atoms with Crippen LogP contribution >= 0.6 is 0 Å². The highest BCUT2D eigenvalue weighted by Gasteiger charge is 2.46. The number of para-hydroxylation sites is 2. The van der Waals surface area contributed by atoms with Crippen molar-refractivity contribution in [1.29, 1.82) is 0 Å². The van der Waals surface area contributed by atoms with Crippen LogP contribution in [0.3, 0.4) is 0 Å². The standard InChI is InChI=1S/C20H19N3O6/c1-2-27-14-6-4-3-5-10(14)21-11-7-12(24)16-17(18(11)26)23-15(22-16)9-28-19-13(25)8-29-20(19)23/h3-7,13,19-21,25H,2,8-9H2,1H3/t13-,19-,20+/m1/s1. The molecule has 1 aromatic heterocycles. The first-order valence-electron chi connectivity index (χ1n) is 9.40. The van der Waals surface area contributed by atoms with Gasteiger partial charge in [0.15, 0.2) is 6.23 Å². The molecule has 9 heteroatoms. The Morgan fingerprint density at radius 2 is 2.14 bits per heavy atom. The van der Waals surface area contributed by atoms with Gasteiger partial charge < -0.3 is 24.6 Å². The predicted octanol–water partition coefficient (Wildman–Crippen LogP) is 1.45. The molecule has 3 atom stereocenters. The number of hydrogen-bond donors (Lipinski definition) is 2. The smallest absolute Gasteiger partial charge is 0.228 e. The van der Waals surface area contributed by atoms with Crippen LogP contribution in [0.15, 0.2) is 36.0 Å². The molecule has 3 aliphatic rings. The van der Waals surface area contributed by atoms with Gasteiger partial charge in [0.1, 0.15) is 41.8 Å². The van der Waals surface area contributed by atoms with E-state index in [0.717, 1.165) is 0 Å². The fraction of sp³-hybridized carbons (Fsp3) is 0.350. The number of ether oxygens (including phenoxy) is 3. The minimum Gasteiger partial charge on any atom is -0.492 e. The highest BCUT2D eigenvalue weighted by atomic mass is 16.6. The fourth-order valence-corrected chi connectivity index (χ4v) is 3.89. The van der Waals surface area contributed by atoms with Gasteiger partial charge in [-0.05, 0) is 19.1 Å². The van der Waals surface area contributed by atoms with Gasteiger partial charge in [-0.15, -0.1) is 0 Å². The predicted molar refractivity (Wildman–Crippen MR) is 99.8 cm³/mol. The van der Waals surface area contributed by atoms with Crippen molar-refractivity contribution in [3.05, 3.63) is 53.3 Å². The summed E-state index contributed by atoms with van der Waals surface area (Å²) in [5.41, 5.74) is 0.926. The summed E-state index contributed by atoms with van der Waals surface area (Å²) in [5.74, 6) is 0.243. The Labute approximate surface area is 165 Å². The number of Topliss-reactive ketones (excluding diaryl/α,β-unsaturated/α-hetero) is 1. The maximum Gasteiger partial charge on any atom is 0.228 e. The summed E-state index contributed by atoms with van der Waals surface area (Å²) in [6.45, 7) is 2.51. The molecule has 29 heavy (non-hydrogen) atoms. The van der Waals surface area contributed by atoms with Crippen LogP contribution in [-0.2, 0) is 16.1 Å². The van der Waals surface area contributed by atoms with Gasteiger partial charge in [0.2, 0.25) is 11.6 Å². The Kier molecular flexibility index (Phi) is 4.23. The number of aromatic nitrogens is 2. The molecule has 1 saturated heterocycles. The van der Waals surface area contributed by atoms with Gasteiger partial charge in [0.25, 0.3) is 0 Å². The molecule has 2 N–H and O–H groups in total. The van der Waals surface area contributed by atoms with E-state index in [1.54, 1.807) is 16.7 Å². The Morgan fingerprint density at radius 1 is 1.31 bits per heavy atom. The molecule has 1 aromatic carbocycles. The molecule has 1 aliphatic carbocycles. The summed E-state index contributed by atoms with van der Waals surface area (Å²) in [6, 6.07) is 7.18. The SMILES string of the molecule is CCOc1ccccc1NC1=CC(=O)c2nc3n(c2C1=O)[C@H]1OC[C@@H](O)[C@H]1OC3. The summed E-state index contributed by atoms with van der Waals surface area (Å²) >= 11 is 0. The topological polar surface area (TPSA) is 112 Å². The molecule has 0 saturated carbocycles. The lowest BCUT2D eigenvalue weighted by atomic mass is 10.0. The molecule has 0 unspecified atom stereocenters. The van der Waals surface area contributed by atoms with E-state index in [4.69, 9.17) is 14.2 Å². The molecule has 150 valence electrons. The lowest BCUT2D eigenvalue weighted by Crippen LogP contribution is -2.38. The number of aliphatic hydroxyl groups excluding tert-OH is 1. The minimum atomic E-state index is -0.799. The lowest BCUT2D eigenvalue weighted by Gasteiger charge is -2.29. The minimum absolute atomic E-state index is 0.0721. The van der Waals surface area contributed by atoms with E-state index in [-0.39, 0.29) is 41.9 Å². The zero-order chi connectivity index (χ0) is 20.1. The van der Waals surface area contributed by atoms with E-state index in [2.05, 4.69) is 10.3 Å². The lowest BCUT2D eigenvalue weighted by molar-refractivity contribution is -0.0992. The van der Waals surface area contributed by atoms with Crippen LogP contribution in [0.2, 0.25) is 0 Å². The fourth-order valence-electron chi connectivity index (χ4n) is 3.89. The number of carbonyl (C=O) groups excluding carboxylic acids is 2. The largest absolute Gasteiger partial charge is 0.492 e. The summed E-state index contributed by atoms with van der Waals surface area (Å²) in [6.07, 6.45) is -0.858. The second-order valence-electron chi connectivity index (χ2n) is 6.97. The molecule has 2 aliphatic heterocycles. The highest BCUT2D eigenvalue weighted by Crippen LogP contribution is 2.37. The van der Waals surface area contributed by atoms with E-state index in [1.165, 1.54) is 6.08 Å². The Balaban J connectivity index is 1.53. The van der Waals surface area contributed by atoms with Crippen molar-refractivity contribution < 1.29 is 28.9 Å². The normalized spacial score (nSPS) is 25.2. The molecule has 0 radical (unpaired) electrons. The monoisotopic (exact) mass is 397 g/mol. The molecule has 5 rings (SSSR count). The van der Waals surface area contributed by atoms with Gasteiger partial charge in [-0.3, -0.25) is 14.2 Å². The molecule has 0 amide bonds. The number of allylic oxidation sites excluding steroid dienone is 2. The molecule has 0 spiro atoms. The zero-order valence-electron chi connectivity index (χ0n) is 15.6. The first-order valence-corrected chi connectivity index (χ1v) is 9.40. The summed E-state index contributed by atoms with van der Waals surface area (Å²) in [5, 5.41) is 13.1. The third-order valence-electron chi connectivity index (χ3n) is 5.17. The number of nitrogens with zero attached hydrogens (tertiary/aromatic N) is 2. The van der Waals surface area contributed by atoms with Gasteiger partial charge in [-0.25, -0.2) is 4.98 Å². The van der Waals surface area contributed by atoms with Crippen LogP contribution < -0.4 is 10.1 Å². The van der Waals surface area contributed by atoms with Gasteiger partial charge in [-0.1, -0.05) is 12.1 Å². The second-order valence-corrected chi connectivity index (χ2v) is 6.97. The number of benzene rings is 1. The number of fused-ring (bicyclic) bond motifs is 5.